The molecule has 0 saturated heterocycles. The van der Waals surface area contributed by atoms with Gasteiger partial charge in [-0.1, -0.05) is 59.8 Å². The smallest absolute Gasteiger partial charge is 0.329 e. The molecule has 0 radical (unpaired) electrons. The number of nitrogens with zero attached hydrogens (tertiary/aromatic N) is 3. The van der Waals surface area contributed by atoms with Crippen LogP contribution >= 0.6 is 0 Å². The first-order valence-electron chi connectivity index (χ1n) is 9.60. The quantitative estimate of drug-likeness (QED) is 0.356. The zero-order chi connectivity index (χ0) is 23.5. The molecule has 0 fully saturated rings. The Morgan fingerprint density at radius 1 is 0.818 bits per heavy atom. The van der Waals surface area contributed by atoms with Gasteiger partial charge in [0, 0.05) is 0 Å². The molecule has 0 unspecified atom stereocenters. The molecular formula is C23H16F3N3O3S. The molecule has 0 bridgehead atoms. The minimum absolute atomic E-state index is 0.00134. The van der Waals surface area contributed by atoms with E-state index in [1.165, 1.54) is 34.7 Å². The second kappa shape index (κ2) is 8.91. The number of rotatable bonds is 6. The standard InChI is InChI=1S/C23H16F3N3O3S/c24-23(25,26)22-27-21(28-32-22)15-14-17-8-7-13-20(16-17)33(30,31)29(18-9-3-1-4-10-18)19-11-5-2-6-12-19/h1-16H/b15-14+. The van der Waals surface area contributed by atoms with Crippen molar-refractivity contribution < 1.29 is 26.1 Å². The van der Waals surface area contributed by atoms with Gasteiger partial charge in [0.25, 0.3) is 10.0 Å². The average molecular weight is 471 g/mol. The Bertz CT molecular complexity index is 1330. The molecular weight excluding hydrogens is 455 g/mol. The van der Waals surface area contributed by atoms with Crippen molar-refractivity contribution in [1.29, 1.82) is 0 Å². The number of sulfonamides is 1. The van der Waals surface area contributed by atoms with Crippen LogP contribution in [0.1, 0.15) is 17.3 Å². The molecule has 1 heterocycles. The van der Waals surface area contributed by atoms with Gasteiger partial charge in [-0.3, -0.25) is 0 Å². The zero-order valence-electron chi connectivity index (χ0n) is 16.8. The molecule has 0 aliphatic rings. The predicted octanol–water partition coefficient (Wildman–Crippen LogP) is 5.79. The van der Waals surface area contributed by atoms with E-state index in [1.807, 2.05) is 0 Å². The minimum Gasteiger partial charge on any atom is -0.329 e. The third-order valence-corrected chi connectivity index (χ3v) is 6.24. The molecule has 0 aliphatic carbocycles. The molecule has 1 aromatic heterocycles. The number of alkyl halides is 3. The van der Waals surface area contributed by atoms with Crippen LogP contribution in [0.2, 0.25) is 0 Å². The van der Waals surface area contributed by atoms with Gasteiger partial charge in [-0.05, 0) is 48.0 Å². The predicted molar refractivity (Wildman–Crippen MR) is 117 cm³/mol. The molecule has 0 amide bonds. The lowest BCUT2D eigenvalue weighted by Gasteiger charge is -2.24. The summed E-state index contributed by atoms with van der Waals surface area (Å²) in [5.74, 6) is -1.74. The van der Waals surface area contributed by atoms with Crippen LogP contribution in [-0.4, -0.2) is 18.6 Å². The van der Waals surface area contributed by atoms with Gasteiger partial charge in [0.05, 0.1) is 16.3 Å². The van der Waals surface area contributed by atoms with Crippen molar-refractivity contribution in [2.45, 2.75) is 11.1 Å². The summed E-state index contributed by atoms with van der Waals surface area (Å²) in [6, 6.07) is 23.3. The third-order valence-electron chi connectivity index (χ3n) is 4.49. The van der Waals surface area contributed by atoms with Gasteiger partial charge in [-0.25, -0.2) is 12.7 Å². The molecule has 0 saturated carbocycles. The Balaban J connectivity index is 1.69. The molecule has 10 heteroatoms. The van der Waals surface area contributed by atoms with Crippen LogP contribution in [0.5, 0.6) is 0 Å². The lowest BCUT2D eigenvalue weighted by Crippen LogP contribution is -2.26. The zero-order valence-corrected chi connectivity index (χ0v) is 17.7. The summed E-state index contributed by atoms with van der Waals surface area (Å²) in [6.07, 6.45) is -2.14. The van der Waals surface area contributed by atoms with E-state index in [0.29, 0.717) is 16.9 Å². The van der Waals surface area contributed by atoms with Crippen LogP contribution in [-0.2, 0) is 16.2 Å². The largest absolute Gasteiger partial charge is 0.471 e. The van der Waals surface area contributed by atoms with Crippen LogP contribution in [0.3, 0.4) is 0 Å². The first kappa shape index (κ1) is 22.3. The minimum atomic E-state index is -4.74. The maximum absolute atomic E-state index is 13.6. The van der Waals surface area contributed by atoms with E-state index in [9.17, 15) is 21.6 Å². The highest BCUT2D eigenvalue weighted by Gasteiger charge is 2.38. The van der Waals surface area contributed by atoms with Crippen molar-refractivity contribution in [3.05, 3.63) is 102 Å². The van der Waals surface area contributed by atoms with Gasteiger partial charge in [-0.15, -0.1) is 0 Å². The van der Waals surface area contributed by atoms with E-state index in [-0.39, 0.29) is 10.7 Å². The number of aromatic nitrogens is 2. The van der Waals surface area contributed by atoms with E-state index in [0.717, 1.165) is 0 Å². The van der Waals surface area contributed by atoms with Crippen molar-refractivity contribution in [2.24, 2.45) is 0 Å². The van der Waals surface area contributed by atoms with Gasteiger partial charge in [0.1, 0.15) is 0 Å². The van der Waals surface area contributed by atoms with Gasteiger partial charge >= 0.3 is 12.1 Å². The molecule has 4 aromatic rings. The van der Waals surface area contributed by atoms with E-state index in [1.54, 1.807) is 66.7 Å². The molecule has 0 spiro atoms. The van der Waals surface area contributed by atoms with Crippen molar-refractivity contribution in [2.75, 3.05) is 4.31 Å². The first-order valence-corrected chi connectivity index (χ1v) is 11.0. The summed E-state index contributed by atoms with van der Waals surface area (Å²) in [5, 5.41) is 3.26. The summed E-state index contributed by atoms with van der Waals surface area (Å²) >= 11 is 0. The highest BCUT2D eigenvalue weighted by atomic mass is 32.2. The van der Waals surface area contributed by atoms with Gasteiger partial charge in [-0.2, -0.15) is 18.2 Å². The molecule has 0 N–H and O–H groups in total. The number of halogens is 3. The molecule has 3 aromatic carbocycles. The third kappa shape index (κ3) is 4.96. The fraction of sp³-hybridized carbons (Fsp3) is 0.0435. The SMILES string of the molecule is O=S(=O)(c1cccc(/C=C/c2noc(C(F)(F)F)n2)c1)N(c1ccccc1)c1ccccc1. The average Bonchev–Trinajstić information content (AvgIpc) is 3.29. The van der Waals surface area contributed by atoms with E-state index in [2.05, 4.69) is 14.7 Å². The summed E-state index contributed by atoms with van der Waals surface area (Å²) in [5.41, 5.74) is 1.34. The van der Waals surface area contributed by atoms with Crippen molar-refractivity contribution in [1.82, 2.24) is 10.1 Å². The van der Waals surface area contributed by atoms with Gasteiger partial charge in [0.15, 0.2) is 5.82 Å². The van der Waals surface area contributed by atoms with E-state index in [4.69, 9.17) is 0 Å². The number of benzene rings is 3. The Labute approximate surface area is 187 Å². The molecule has 4 rings (SSSR count). The summed E-state index contributed by atoms with van der Waals surface area (Å²) in [4.78, 5) is 3.26. The Morgan fingerprint density at radius 3 is 1.97 bits per heavy atom. The van der Waals surface area contributed by atoms with Crippen LogP contribution in [0.4, 0.5) is 24.5 Å². The highest BCUT2D eigenvalue weighted by molar-refractivity contribution is 7.93. The van der Waals surface area contributed by atoms with Gasteiger partial charge in [0.2, 0.25) is 0 Å². The van der Waals surface area contributed by atoms with Crippen LogP contribution in [0, 0.1) is 0 Å². The van der Waals surface area contributed by atoms with Crippen LogP contribution in [0.15, 0.2) is 94.3 Å². The lowest BCUT2D eigenvalue weighted by molar-refractivity contribution is -0.159. The maximum atomic E-state index is 13.6. The van der Waals surface area contributed by atoms with Crippen molar-refractivity contribution in [3.63, 3.8) is 0 Å². The highest BCUT2D eigenvalue weighted by Crippen LogP contribution is 2.32. The summed E-state index contributed by atoms with van der Waals surface area (Å²) in [7, 11) is -4.03. The molecule has 0 aliphatic heterocycles. The Kier molecular flexibility index (Phi) is 6.01. The van der Waals surface area contributed by atoms with Crippen molar-refractivity contribution >= 4 is 33.6 Å². The first-order chi connectivity index (χ1) is 15.7. The molecule has 0 atom stereocenters. The molecule has 6 nitrogen and oxygen atoms in total. The van der Waals surface area contributed by atoms with E-state index >= 15 is 0 Å². The van der Waals surface area contributed by atoms with Gasteiger partial charge < -0.3 is 4.52 Å². The van der Waals surface area contributed by atoms with Crippen LogP contribution < -0.4 is 4.31 Å². The number of hydrogen-bond acceptors (Lipinski definition) is 5. The Morgan fingerprint density at radius 2 is 1.42 bits per heavy atom. The number of para-hydroxylation sites is 2. The number of anilines is 2. The fourth-order valence-electron chi connectivity index (χ4n) is 3.03. The Hall–Kier alpha value is -3.92. The topological polar surface area (TPSA) is 76.3 Å². The number of hydrogen-bond donors (Lipinski definition) is 0. The summed E-state index contributed by atoms with van der Waals surface area (Å²) in [6.45, 7) is 0. The second-order valence-electron chi connectivity index (χ2n) is 6.80. The maximum Gasteiger partial charge on any atom is 0.471 e. The van der Waals surface area contributed by atoms with Crippen molar-refractivity contribution in [3.8, 4) is 0 Å². The second-order valence-corrected chi connectivity index (χ2v) is 8.59. The summed E-state index contributed by atoms with van der Waals surface area (Å²) < 4.78 is 70.5. The normalized spacial score (nSPS) is 12.2. The molecule has 33 heavy (non-hydrogen) atoms. The fourth-order valence-corrected chi connectivity index (χ4v) is 4.57. The lowest BCUT2D eigenvalue weighted by atomic mass is 10.2. The molecule has 168 valence electrons. The van der Waals surface area contributed by atoms with E-state index < -0.39 is 22.1 Å². The monoisotopic (exact) mass is 471 g/mol. The van der Waals surface area contributed by atoms with Crippen LogP contribution in [0.25, 0.3) is 12.2 Å².